The number of thiophene rings is 1. The Labute approximate surface area is 79.2 Å². The lowest BCUT2D eigenvalue weighted by Crippen LogP contribution is -1.67. The Morgan fingerprint density at radius 3 is 2.92 bits per heavy atom. The number of rotatable bonds is 1. The molecule has 0 aliphatic rings. The smallest absolute Gasteiger partial charge is 0.116 e. The van der Waals surface area contributed by atoms with Gasteiger partial charge in [0.15, 0.2) is 0 Å². The third-order valence-electron chi connectivity index (χ3n) is 1.67. The lowest BCUT2D eigenvalue weighted by molar-refractivity contribution is 0.180. The maximum absolute atomic E-state index is 10.6. The first-order valence-electron chi connectivity index (χ1n) is 3.55. The second-order valence-corrected chi connectivity index (χ2v) is 4.14. The maximum Gasteiger partial charge on any atom is 0.116 e. The number of benzene rings is 1. The van der Waals surface area contributed by atoms with Crippen LogP contribution in [-0.2, 0) is 11.7 Å². The third kappa shape index (κ3) is 1.33. The summed E-state index contributed by atoms with van der Waals surface area (Å²) in [5.41, 5.74) is 0. The van der Waals surface area contributed by atoms with Crippen LogP contribution in [0.1, 0.15) is 4.88 Å². The molecule has 0 saturated carbocycles. The predicted molar refractivity (Wildman–Crippen MR) is 51.2 cm³/mol. The van der Waals surface area contributed by atoms with E-state index in [0.29, 0.717) is 0 Å². The largest absolute Gasteiger partial charge is 0.231 e. The first-order chi connectivity index (χ1) is 5.79. The van der Waals surface area contributed by atoms with Crippen molar-refractivity contribution >= 4 is 33.0 Å². The normalized spacial score (nSPS) is 10.8. The molecule has 61 valence electrons. The SMILES string of the molecule is [O]Cc1cc2cc(Cl)ccc2s1. The topological polar surface area (TPSA) is 19.9 Å². The molecule has 0 aliphatic heterocycles. The van der Waals surface area contributed by atoms with Gasteiger partial charge in [-0.2, -0.15) is 0 Å². The molecule has 0 bridgehead atoms. The van der Waals surface area contributed by atoms with E-state index in [1.165, 1.54) is 11.3 Å². The van der Waals surface area contributed by atoms with Crippen molar-refractivity contribution < 1.29 is 5.11 Å². The van der Waals surface area contributed by atoms with E-state index in [9.17, 15) is 5.11 Å². The summed E-state index contributed by atoms with van der Waals surface area (Å²) in [5.74, 6) is 0. The van der Waals surface area contributed by atoms with E-state index in [0.717, 1.165) is 20.0 Å². The van der Waals surface area contributed by atoms with Gasteiger partial charge in [-0.3, -0.25) is 0 Å². The fourth-order valence-corrected chi connectivity index (χ4v) is 2.22. The molecule has 1 heterocycles. The number of fused-ring (bicyclic) bond motifs is 1. The molecule has 0 N–H and O–H groups in total. The highest BCUT2D eigenvalue weighted by Crippen LogP contribution is 2.27. The molecule has 0 unspecified atom stereocenters. The molecule has 0 aliphatic carbocycles. The molecule has 1 nitrogen and oxygen atoms in total. The van der Waals surface area contributed by atoms with Crippen molar-refractivity contribution in [2.24, 2.45) is 0 Å². The molecule has 0 fully saturated rings. The highest BCUT2D eigenvalue weighted by atomic mass is 35.5. The number of hydrogen-bond donors (Lipinski definition) is 0. The highest BCUT2D eigenvalue weighted by molar-refractivity contribution is 7.19. The maximum atomic E-state index is 10.6. The van der Waals surface area contributed by atoms with Crippen LogP contribution in [0.5, 0.6) is 0 Å². The zero-order valence-corrected chi connectivity index (χ0v) is 7.78. The van der Waals surface area contributed by atoms with Crippen molar-refractivity contribution in [2.75, 3.05) is 0 Å². The molecular formula is C9H6ClOS. The van der Waals surface area contributed by atoms with Gasteiger partial charge in [-0.1, -0.05) is 11.6 Å². The monoisotopic (exact) mass is 197 g/mol. The van der Waals surface area contributed by atoms with Crippen molar-refractivity contribution in [3.63, 3.8) is 0 Å². The minimum atomic E-state index is -0.142. The Bertz CT molecular complexity index is 408. The minimum absolute atomic E-state index is 0.142. The first-order valence-corrected chi connectivity index (χ1v) is 4.75. The summed E-state index contributed by atoms with van der Waals surface area (Å²) in [4.78, 5) is 0.868. The van der Waals surface area contributed by atoms with Gasteiger partial charge in [-0.05, 0) is 29.7 Å². The minimum Gasteiger partial charge on any atom is -0.231 e. The average Bonchev–Trinajstić information content (AvgIpc) is 2.46. The molecular weight excluding hydrogens is 192 g/mol. The standard InChI is InChI=1S/C9H6ClOS/c10-7-1-2-9-6(3-7)4-8(5-11)12-9/h1-4H,5H2. The fourth-order valence-electron chi connectivity index (χ4n) is 1.14. The molecule has 1 radical (unpaired) electrons. The Morgan fingerprint density at radius 2 is 2.17 bits per heavy atom. The van der Waals surface area contributed by atoms with E-state index >= 15 is 0 Å². The van der Waals surface area contributed by atoms with Crippen molar-refractivity contribution in [3.05, 3.63) is 34.2 Å². The molecule has 0 atom stereocenters. The second-order valence-electron chi connectivity index (χ2n) is 2.54. The van der Waals surface area contributed by atoms with Gasteiger partial charge < -0.3 is 0 Å². The quantitative estimate of drug-likeness (QED) is 0.667. The van der Waals surface area contributed by atoms with Crippen LogP contribution in [0.4, 0.5) is 0 Å². The van der Waals surface area contributed by atoms with E-state index in [2.05, 4.69) is 0 Å². The zero-order chi connectivity index (χ0) is 8.55. The van der Waals surface area contributed by atoms with Gasteiger partial charge >= 0.3 is 0 Å². The Balaban J connectivity index is 2.67. The highest BCUT2D eigenvalue weighted by Gasteiger charge is 2.00. The van der Waals surface area contributed by atoms with Crippen molar-refractivity contribution in [2.45, 2.75) is 6.61 Å². The van der Waals surface area contributed by atoms with Gasteiger partial charge in [-0.15, -0.1) is 11.3 Å². The summed E-state index contributed by atoms with van der Waals surface area (Å²) < 4.78 is 1.13. The van der Waals surface area contributed by atoms with Gasteiger partial charge in [0.25, 0.3) is 0 Å². The third-order valence-corrected chi connectivity index (χ3v) is 3.00. The average molecular weight is 198 g/mol. The molecule has 1 aromatic heterocycles. The van der Waals surface area contributed by atoms with E-state index in [4.69, 9.17) is 11.6 Å². The van der Waals surface area contributed by atoms with Gasteiger partial charge in [0.05, 0.1) is 0 Å². The van der Waals surface area contributed by atoms with Gasteiger partial charge in [0.2, 0.25) is 0 Å². The first kappa shape index (κ1) is 8.05. The summed E-state index contributed by atoms with van der Waals surface area (Å²) in [5, 5.41) is 12.4. The van der Waals surface area contributed by atoms with Crippen LogP contribution < -0.4 is 0 Å². The molecule has 2 rings (SSSR count). The van der Waals surface area contributed by atoms with Gasteiger partial charge in [0, 0.05) is 14.6 Å². The Kier molecular flexibility index (Phi) is 2.05. The number of hydrogen-bond acceptors (Lipinski definition) is 1. The summed E-state index contributed by atoms with van der Waals surface area (Å²) in [6.07, 6.45) is 0. The van der Waals surface area contributed by atoms with Crippen molar-refractivity contribution in [1.29, 1.82) is 0 Å². The molecule has 0 spiro atoms. The van der Waals surface area contributed by atoms with Gasteiger partial charge in [0.1, 0.15) is 6.61 Å². The number of halogens is 1. The van der Waals surface area contributed by atoms with Crippen LogP contribution in [0.3, 0.4) is 0 Å². The molecule has 0 amide bonds. The summed E-state index contributed by atoms with van der Waals surface area (Å²) in [7, 11) is 0. The predicted octanol–water partition coefficient (Wildman–Crippen LogP) is 3.49. The van der Waals surface area contributed by atoms with Crippen LogP contribution in [0, 0.1) is 0 Å². The van der Waals surface area contributed by atoms with E-state index in [1.54, 1.807) is 0 Å². The summed E-state index contributed by atoms with van der Waals surface area (Å²) >= 11 is 7.33. The van der Waals surface area contributed by atoms with Crippen molar-refractivity contribution in [3.8, 4) is 0 Å². The Hall–Kier alpha value is -0.570. The Morgan fingerprint density at radius 1 is 1.33 bits per heavy atom. The second kappa shape index (κ2) is 3.05. The fraction of sp³-hybridized carbons (Fsp3) is 0.111. The summed E-state index contributed by atoms with van der Waals surface area (Å²) in [6.45, 7) is -0.142. The van der Waals surface area contributed by atoms with E-state index in [1.807, 2.05) is 24.3 Å². The summed E-state index contributed by atoms with van der Waals surface area (Å²) in [6, 6.07) is 7.57. The van der Waals surface area contributed by atoms with Crippen LogP contribution in [0.2, 0.25) is 5.02 Å². The molecule has 0 saturated heterocycles. The lowest BCUT2D eigenvalue weighted by atomic mass is 10.2. The molecule has 12 heavy (non-hydrogen) atoms. The van der Waals surface area contributed by atoms with E-state index < -0.39 is 0 Å². The van der Waals surface area contributed by atoms with Crippen LogP contribution in [-0.4, -0.2) is 0 Å². The van der Waals surface area contributed by atoms with Crippen LogP contribution >= 0.6 is 22.9 Å². The van der Waals surface area contributed by atoms with Crippen molar-refractivity contribution in [1.82, 2.24) is 0 Å². The lowest BCUT2D eigenvalue weighted by Gasteiger charge is -1.87. The van der Waals surface area contributed by atoms with E-state index in [-0.39, 0.29) is 6.61 Å². The zero-order valence-electron chi connectivity index (χ0n) is 6.21. The van der Waals surface area contributed by atoms with Crippen LogP contribution in [0.25, 0.3) is 10.1 Å². The molecule has 1 aromatic carbocycles. The van der Waals surface area contributed by atoms with Crippen LogP contribution in [0.15, 0.2) is 24.3 Å². The molecule has 2 aromatic rings. The molecule has 3 heteroatoms. The van der Waals surface area contributed by atoms with Gasteiger partial charge in [-0.25, -0.2) is 5.11 Å².